The molecule has 1 aromatic rings. The molecule has 0 unspecified atom stereocenters. The third-order valence-electron chi connectivity index (χ3n) is 1.42. The molecule has 0 bridgehead atoms. The lowest BCUT2D eigenvalue weighted by molar-refractivity contribution is 0.741. The van der Waals surface area contributed by atoms with E-state index >= 15 is 0 Å². The van der Waals surface area contributed by atoms with Crippen LogP contribution in [0.4, 0.5) is 0 Å². The van der Waals surface area contributed by atoms with Gasteiger partial charge in [0, 0.05) is 21.6 Å². The van der Waals surface area contributed by atoms with E-state index in [0.717, 1.165) is 10.0 Å². The molecule has 0 aliphatic rings. The summed E-state index contributed by atoms with van der Waals surface area (Å²) in [6.07, 6.45) is 0. The van der Waals surface area contributed by atoms with Gasteiger partial charge in [0.15, 0.2) is 0 Å². The van der Waals surface area contributed by atoms with Crippen molar-refractivity contribution < 1.29 is 0 Å². The molecule has 0 aliphatic heterocycles. The molecule has 5 heteroatoms. The van der Waals surface area contributed by atoms with Crippen molar-refractivity contribution in [3.05, 3.63) is 32.2 Å². The lowest BCUT2D eigenvalue weighted by atomic mass is 10.2. The Morgan fingerprint density at radius 2 is 2.08 bits per heavy atom. The molecule has 0 spiro atoms. The monoisotopic (exact) mass is 268 g/mol. The zero-order chi connectivity index (χ0) is 9.14. The van der Waals surface area contributed by atoms with Gasteiger partial charge in [0.1, 0.15) is 0 Å². The van der Waals surface area contributed by atoms with Gasteiger partial charge in [-0.15, -0.1) is 0 Å². The number of nitrogens with two attached hydrogens (primary N) is 1. The number of halogens is 3. The largest absolute Gasteiger partial charge is 0.271 e. The van der Waals surface area contributed by atoms with Crippen molar-refractivity contribution in [1.82, 2.24) is 5.43 Å². The van der Waals surface area contributed by atoms with E-state index in [1.54, 1.807) is 12.1 Å². The zero-order valence-electron chi connectivity index (χ0n) is 6.07. The van der Waals surface area contributed by atoms with Crippen LogP contribution in [0.2, 0.25) is 10.0 Å². The standard InChI is InChI=1S/C7H7BrCl2N2/c8-5-1-2-6(9)4(3-12-11)7(5)10/h1-2,12H,3,11H2. The Hall–Kier alpha value is 0.200. The first kappa shape index (κ1) is 10.3. The summed E-state index contributed by atoms with van der Waals surface area (Å²) in [4.78, 5) is 0. The first-order valence-corrected chi connectivity index (χ1v) is 4.77. The third kappa shape index (κ3) is 2.12. The summed E-state index contributed by atoms with van der Waals surface area (Å²) < 4.78 is 0.818. The second-order valence-electron chi connectivity index (χ2n) is 2.20. The zero-order valence-corrected chi connectivity index (χ0v) is 9.17. The van der Waals surface area contributed by atoms with Crippen LogP contribution in [0, 0.1) is 0 Å². The second-order valence-corrected chi connectivity index (χ2v) is 3.84. The summed E-state index contributed by atoms with van der Waals surface area (Å²) in [5, 5.41) is 1.21. The van der Waals surface area contributed by atoms with Crippen molar-refractivity contribution in [3.8, 4) is 0 Å². The van der Waals surface area contributed by atoms with Crippen molar-refractivity contribution in [2.75, 3.05) is 0 Å². The van der Waals surface area contributed by atoms with E-state index in [-0.39, 0.29) is 0 Å². The lowest BCUT2D eigenvalue weighted by Gasteiger charge is -2.06. The van der Waals surface area contributed by atoms with Crippen molar-refractivity contribution in [2.45, 2.75) is 6.54 Å². The van der Waals surface area contributed by atoms with E-state index in [0.29, 0.717) is 16.6 Å². The summed E-state index contributed by atoms with van der Waals surface area (Å²) in [7, 11) is 0. The summed E-state index contributed by atoms with van der Waals surface area (Å²) >= 11 is 15.1. The Morgan fingerprint density at radius 3 is 2.67 bits per heavy atom. The van der Waals surface area contributed by atoms with Crippen molar-refractivity contribution >= 4 is 39.1 Å². The fourth-order valence-corrected chi connectivity index (χ4v) is 1.71. The van der Waals surface area contributed by atoms with Crippen molar-refractivity contribution in [2.24, 2.45) is 5.84 Å². The predicted octanol–water partition coefficient (Wildman–Crippen LogP) is 2.72. The van der Waals surface area contributed by atoms with E-state index in [2.05, 4.69) is 21.4 Å². The molecule has 12 heavy (non-hydrogen) atoms. The molecule has 0 saturated heterocycles. The Morgan fingerprint density at radius 1 is 1.42 bits per heavy atom. The second kappa shape index (κ2) is 4.44. The van der Waals surface area contributed by atoms with E-state index in [1.165, 1.54) is 0 Å². The van der Waals surface area contributed by atoms with Crippen LogP contribution in [0.15, 0.2) is 16.6 Å². The topological polar surface area (TPSA) is 38.0 Å². The average molecular weight is 270 g/mol. The van der Waals surface area contributed by atoms with Crippen LogP contribution in [0.5, 0.6) is 0 Å². The van der Waals surface area contributed by atoms with Crippen LogP contribution in [-0.2, 0) is 6.54 Å². The molecule has 0 fully saturated rings. The maximum Gasteiger partial charge on any atom is 0.0608 e. The van der Waals surface area contributed by atoms with Gasteiger partial charge in [-0.25, -0.2) is 0 Å². The van der Waals surface area contributed by atoms with Crippen LogP contribution in [0.25, 0.3) is 0 Å². The van der Waals surface area contributed by atoms with Gasteiger partial charge in [-0.3, -0.25) is 11.3 Å². The molecule has 0 heterocycles. The Labute approximate surface area is 89.1 Å². The molecule has 0 amide bonds. The number of hydrogen-bond donors (Lipinski definition) is 2. The molecular weight excluding hydrogens is 263 g/mol. The van der Waals surface area contributed by atoms with E-state index in [9.17, 15) is 0 Å². The molecule has 0 aromatic heterocycles. The average Bonchev–Trinajstić information content (AvgIpc) is 2.06. The summed E-state index contributed by atoms with van der Waals surface area (Å²) in [5.41, 5.74) is 3.30. The number of nitrogens with one attached hydrogen (secondary N) is 1. The molecule has 66 valence electrons. The molecule has 0 atom stereocenters. The van der Waals surface area contributed by atoms with E-state index in [4.69, 9.17) is 29.0 Å². The first-order valence-electron chi connectivity index (χ1n) is 3.22. The van der Waals surface area contributed by atoms with Gasteiger partial charge in [-0.1, -0.05) is 23.2 Å². The van der Waals surface area contributed by atoms with Gasteiger partial charge < -0.3 is 0 Å². The fraction of sp³-hybridized carbons (Fsp3) is 0.143. The van der Waals surface area contributed by atoms with Crippen molar-refractivity contribution in [3.63, 3.8) is 0 Å². The number of hydrazine groups is 1. The molecule has 1 aromatic carbocycles. The van der Waals surface area contributed by atoms with Crippen molar-refractivity contribution in [1.29, 1.82) is 0 Å². The number of rotatable bonds is 2. The minimum Gasteiger partial charge on any atom is -0.271 e. The van der Waals surface area contributed by atoms with Gasteiger partial charge in [0.25, 0.3) is 0 Å². The lowest BCUT2D eigenvalue weighted by Crippen LogP contribution is -2.21. The molecule has 0 aliphatic carbocycles. The highest BCUT2D eigenvalue weighted by Crippen LogP contribution is 2.31. The Kier molecular flexibility index (Phi) is 3.80. The van der Waals surface area contributed by atoms with Crippen LogP contribution in [0.3, 0.4) is 0 Å². The van der Waals surface area contributed by atoms with Gasteiger partial charge >= 0.3 is 0 Å². The van der Waals surface area contributed by atoms with Crippen LogP contribution < -0.4 is 11.3 Å². The molecule has 0 saturated carbocycles. The van der Waals surface area contributed by atoms with Crippen LogP contribution >= 0.6 is 39.1 Å². The van der Waals surface area contributed by atoms with Crippen LogP contribution in [-0.4, -0.2) is 0 Å². The van der Waals surface area contributed by atoms with E-state index in [1.807, 2.05) is 0 Å². The summed E-state index contributed by atoms with van der Waals surface area (Å²) in [6.45, 7) is 0.455. The number of benzene rings is 1. The molecule has 3 N–H and O–H groups in total. The predicted molar refractivity (Wildman–Crippen MR) is 55.2 cm³/mol. The highest BCUT2D eigenvalue weighted by atomic mass is 79.9. The normalized spacial score (nSPS) is 10.3. The van der Waals surface area contributed by atoms with E-state index < -0.39 is 0 Å². The molecule has 1 rings (SSSR count). The molecule has 0 radical (unpaired) electrons. The highest BCUT2D eigenvalue weighted by molar-refractivity contribution is 9.10. The SMILES string of the molecule is NNCc1c(Cl)ccc(Br)c1Cl. The third-order valence-corrected chi connectivity index (χ3v) is 3.09. The van der Waals surface area contributed by atoms with Gasteiger partial charge in [0.2, 0.25) is 0 Å². The molecule has 2 nitrogen and oxygen atoms in total. The Balaban J connectivity index is 3.14. The van der Waals surface area contributed by atoms with Gasteiger partial charge in [-0.05, 0) is 28.1 Å². The van der Waals surface area contributed by atoms with Gasteiger partial charge in [-0.2, -0.15) is 0 Å². The fourth-order valence-electron chi connectivity index (χ4n) is 0.833. The smallest absolute Gasteiger partial charge is 0.0608 e. The minimum atomic E-state index is 0.455. The highest BCUT2D eigenvalue weighted by Gasteiger charge is 2.07. The maximum absolute atomic E-state index is 5.95. The van der Waals surface area contributed by atoms with Crippen LogP contribution in [0.1, 0.15) is 5.56 Å². The summed E-state index contributed by atoms with van der Waals surface area (Å²) in [6, 6.07) is 3.56. The quantitative estimate of drug-likeness (QED) is 0.492. The number of hydrogen-bond acceptors (Lipinski definition) is 2. The minimum absolute atomic E-state index is 0.455. The first-order chi connectivity index (χ1) is 5.66. The van der Waals surface area contributed by atoms with Gasteiger partial charge in [0.05, 0.1) is 5.02 Å². The molecular formula is C7H7BrCl2N2. The maximum atomic E-state index is 5.95. The summed E-state index contributed by atoms with van der Waals surface area (Å²) in [5.74, 6) is 5.17. The Bertz CT molecular complexity index is 291.